The highest BCUT2D eigenvalue weighted by molar-refractivity contribution is 9.10. The number of hydrogen-bond donors (Lipinski definition) is 1. The monoisotopic (exact) mass is 363 g/mol. The molecule has 1 aromatic rings. The van der Waals surface area contributed by atoms with Gasteiger partial charge in [-0.1, -0.05) is 22.9 Å². The maximum Gasteiger partial charge on any atom is 0.310 e. The van der Waals surface area contributed by atoms with Crippen molar-refractivity contribution in [2.75, 3.05) is 5.32 Å². The van der Waals surface area contributed by atoms with Gasteiger partial charge in [-0.3, -0.25) is 9.59 Å². The van der Waals surface area contributed by atoms with Crippen molar-refractivity contribution >= 4 is 33.5 Å². The van der Waals surface area contributed by atoms with E-state index in [1.165, 1.54) is 0 Å². The van der Waals surface area contributed by atoms with E-state index < -0.39 is 0 Å². The molecule has 0 radical (unpaired) electrons. The fourth-order valence-corrected chi connectivity index (χ4v) is 4.96. The molecule has 3 fully saturated rings. The van der Waals surface area contributed by atoms with Gasteiger partial charge < -0.3 is 10.1 Å². The van der Waals surface area contributed by atoms with Crippen LogP contribution >= 0.6 is 15.9 Å². The second kappa shape index (κ2) is 5.08. The molecule has 0 aromatic heterocycles. The third kappa shape index (κ3) is 2.02. The molecule has 5 atom stereocenters. The van der Waals surface area contributed by atoms with E-state index in [0.717, 1.165) is 35.0 Å². The van der Waals surface area contributed by atoms with E-state index in [2.05, 4.69) is 28.2 Å². The van der Waals surface area contributed by atoms with Crippen molar-refractivity contribution in [3.8, 4) is 0 Å². The van der Waals surface area contributed by atoms with Gasteiger partial charge in [-0.2, -0.15) is 0 Å². The smallest absolute Gasteiger partial charge is 0.310 e. The van der Waals surface area contributed by atoms with Gasteiger partial charge >= 0.3 is 5.97 Å². The lowest BCUT2D eigenvalue weighted by Crippen LogP contribution is -2.36. The van der Waals surface area contributed by atoms with Crippen molar-refractivity contribution in [3.05, 3.63) is 28.2 Å². The summed E-state index contributed by atoms with van der Waals surface area (Å²) in [5.74, 6) is -0.0573. The summed E-state index contributed by atoms with van der Waals surface area (Å²) in [4.78, 5) is 24.8. The summed E-state index contributed by atoms with van der Waals surface area (Å²) in [5, 5.41) is 3.05. The van der Waals surface area contributed by atoms with E-state index in [9.17, 15) is 9.59 Å². The first kappa shape index (κ1) is 14.2. The maximum atomic E-state index is 12.8. The first-order valence-electron chi connectivity index (χ1n) is 7.88. The predicted molar refractivity (Wildman–Crippen MR) is 85.2 cm³/mol. The van der Waals surface area contributed by atoms with E-state index in [-0.39, 0.29) is 35.7 Å². The average molecular weight is 364 g/mol. The molecular formula is C17H18BrNO3. The Balaban J connectivity index is 1.57. The molecule has 0 unspecified atom stereocenters. The molecule has 2 aliphatic carbocycles. The number of fused-ring (bicyclic) bond motifs is 1. The van der Waals surface area contributed by atoms with Gasteiger partial charge in [0.1, 0.15) is 6.10 Å². The lowest BCUT2D eigenvalue weighted by Gasteiger charge is -2.24. The van der Waals surface area contributed by atoms with E-state index in [4.69, 9.17) is 4.74 Å². The Morgan fingerprint density at radius 2 is 2.23 bits per heavy atom. The quantitative estimate of drug-likeness (QED) is 0.839. The van der Waals surface area contributed by atoms with Gasteiger partial charge in [-0.15, -0.1) is 0 Å². The van der Waals surface area contributed by atoms with Crippen molar-refractivity contribution in [2.24, 2.45) is 23.7 Å². The predicted octanol–water partition coefficient (Wildman–Crippen LogP) is 3.15. The fraction of sp³-hybridized carbons (Fsp3) is 0.529. The Morgan fingerprint density at radius 1 is 1.41 bits per heavy atom. The van der Waals surface area contributed by atoms with E-state index in [1.807, 2.05) is 18.2 Å². The fourth-order valence-electron chi connectivity index (χ4n) is 4.56. The van der Waals surface area contributed by atoms with Crippen molar-refractivity contribution in [1.82, 2.24) is 0 Å². The van der Waals surface area contributed by atoms with Crippen LogP contribution in [0, 0.1) is 23.7 Å². The van der Waals surface area contributed by atoms with Crippen LogP contribution in [-0.2, 0) is 20.7 Å². The van der Waals surface area contributed by atoms with Crippen LogP contribution in [0.2, 0.25) is 0 Å². The first-order valence-corrected chi connectivity index (χ1v) is 8.67. The Hall–Kier alpha value is -1.36. The molecule has 1 heterocycles. The van der Waals surface area contributed by atoms with Gasteiger partial charge in [0, 0.05) is 16.1 Å². The van der Waals surface area contributed by atoms with Crippen LogP contribution < -0.4 is 5.32 Å². The van der Waals surface area contributed by atoms with Crippen molar-refractivity contribution in [2.45, 2.75) is 32.3 Å². The molecule has 4 nitrogen and oxygen atoms in total. The standard InChI is InChI=1S/C17H18BrNO3/c1-2-8-5-10(18)3-4-12(8)19-16(20)14-9-6-11-13(7-9)22-17(21)15(11)14/h3-5,9,11,13-15H,2,6-7H2,1H3,(H,19,20)/t9-,11+,13+,14-,15+/m1/s1. The number of aryl methyl sites for hydroxylation is 1. The Kier molecular flexibility index (Phi) is 3.29. The van der Waals surface area contributed by atoms with Gasteiger partial charge in [-0.05, 0) is 48.9 Å². The third-order valence-corrected chi connectivity index (χ3v) is 5.99. The second-order valence-electron chi connectivity index (χ2n) is 6.57. The number of benzene rings is 1. The molecule has 2 bridgehead atoms. The van der Waals surface area contributed by atoms with Gasteiger partial charge in [-0.25, -0.2) is 0 Å². The topological polar surface area (TPSA) is 55.4 Å². The molecule has 1 N–H and O–H groups in total. The Bertz CT molecular complexity index is 657. The van der Waals surface area contributed by atoms with Gasteiger partial charge in [0.05, 0.1) is 11.8 Å². The number of anilines is 1. The summed E-state index contributed by atoms with van der Waals surface area (Å²) in [6.07, 6.45) is 2.73. The molecule has 5 heteroatoms. The number of carbonyl (C=O) groups is 2. The zero-order chi connectivity index (χ0) is 15.4. The van der Waals surface area contributed by atoms with E-state index in [1.54, 1.807) is 0 Å². The van der Waals surface area contributed by atoms with E-state index in [0.29, 0.717) is 5.92 Å². The highest BCUT2D eigenvalue weighted by Gasteiger charge is 2.63. The average Bonchev–Trinajstić information content (AvgIpc) is 3.10. The van der Waals surface area contributed by atoms with Crippen LogP contribution in [0.4, 0.5) is 5.69 Å². The zero-order valence-electron chi connectivity index (χ0n) is 12.3. The number of hydrogen-bond acceptors (Lipinski definition) is 3. The van der Waals surface area contributed by atoms with Crippen LogP contribution in [0.25, 0.3) is 0 Å². The number of carbonyl (C=O) groups excluding carboxylic acids is 2. The summed E-state index contributed by atoms with van der Waals surface area (Å²) in [5.41, 5.74) is 1.94. The summed E-state index contributed by atoms with van der Waals surface area (Å²) >= 11 is 3.46. The molecule has 0 spiro atoms. The van der Waals surface area contributed by atoms with Crippen molar-refractivity contribution < 1.29 is 14.3 Å². The largest absolute Gasteiger partial charge is 0.462 e. The molecule has 3 aliphatic rings. The minimum atomic E-state index is -0.218. The SMILES string of the molecule is CCc1cc(Br)ccc1NC(=O)[C@@H]1[C@@H]2C[C@@H]3[C@@H]1C(=O)O[C@H]3C2. The number of halogens is 1. The zero-order valence-corrected chi connectivity index (χ0v) is 13.9. The molecule has 1 aliphatic heterocycles. The van der Waals surface area contributed by atoms with E-state index >= 15 is 0 Å². The molecule has 116 valence electrons. The number of amides is 1. The molecular weight excluding hydrogens is 346 g/mol. The van der Waals surface area contributed by atoms with Crippen LogP contribution in [0.5, 0.6) is 0 Å². The molecule has 22 heavy (non-hydrogen) atoms. The number of esters is 1. The van der Waals surface area contributed by atoms with Gasteiger partial charge in [0.15, 0.2) is 0 Å². The normalized spacial score (nSPS) is 34.8. The van der Waals surface area contributed by atoms with Crippen LogP contribution in [0.3, 0.4) is 0 Å². The third-order valence-electron chi connectivity index (χ3n) is 5.49. The van der Waals surface area contributed by atoms with Crippen molar-refractivity contribution in [1.29, 1.82) is 0 Å². The first-order chi connectivity index (χ1) is 10.6. The lowest BCUT2D eigenvalue weighted by atomic mass is 9.79. The number of nitrogens with one attached hydrogen (secondary N) is 1. The molecule has 1 aromatic carbocycles. The van der Waals surface area contributed by atoms with Crippen LogP contribution in [0.1, 0.15) is 25.3 Å². The highest BCUT2D eigenvalue weighted by Crippen LogP contribution is 2.57. The summed E-state index contributed by atoms with van der Waals surface area (Å²) in [6, 6.07) is 5.87. The van der Waals surface area contributed by atoms with Crippen LogP contribution in [0.15, 0.2) is 22.7 Å². The lowest BCUT2D eigenvalue weighted by molar-refractivity contribution is -0.145. The highest BCUT2D eigenvalue weighted by atomic mass is 79.9. The maximum absolute atomic E-state index is 12.8. The molecule has 1 amide bonds. The van der Waals surface area contributed by atoms with Crippen LogP contribution in [-0.4, -0.2) is 18.0 Å². The van der Waals surface area contributed by atoms with Gasteiger partial charge in [0.2, 0.25) is 5.91 Å². The van der Waals surface area contributed by atoms with Crippen molar-refractivity contribution in [3.63, 3.8) is 0 Å². The summed E-state index contributed by atoms with van der Waals surface area (Å²) < 4.78 is 6.41. The van der Waals surface area contributed by atoms with Gasteiger partial charge in [0.25, 0.3) is 0 Å². The Labute approximate surface area is 137 Å². The molecule has 2 saturated carbocycles. The number of ether oxygens (including phenoxy) is 1. The summed E-state index contributed by atoms with van der Waals surface area (Å²) in [7, 11) is 0. The second-order valence-corrected chi connectivity index (χ2v) is 7.48. The molecule has 4 rings (SSSR count). The summed E-state index contributed by atoms with van der Waals surface area (Å²) in [6.45, 7) is 2.06. The Morgan fingerprint density at radius 3 is 3.00 bits per heavy atom. The molecule has 1 saturated heterocycles. The minimum Gasteiger partial charge on any atom is -0.462 e. The minimum absolute atomic E-state index is 0.0215. The number of rotatable bonds is 3.